The van der Waals surface area contributed by atoms with Crippen molar-refractivity contribution in [2.24, 2.45) is 5.92 Å². The third-order valence-corrected chi connectivity index (χ3v) is 12.3. The zero-order chi connectivity index (χ0) is 43.3. The highest BCUT2D eigenvalue weighted by Crippen LogP contribution is 2.38. The van der Waals surface area contributed by atoms with Crippen LogP contribution < -0.4 is 10.6 Å². The van der Waals surface area contributed by atoms with E-state index in [1.54, 1.807) is 4.90 Å². The fraction of sp³-hybridized carbons (Fsp3) is 0.333. The largest absolute Gasteiger partial charge is 0.453 e. The monoisotopic (exact) mass is 836 g/mol. The molecule has 4 N–H and O–H groups in total. The Labute approximate surface area is 360 Å². The number of ether oxygens (including phenoxy) is 2. The molecule has 4 amide bonds. The number of alkyl carbamates (subject to hydrolysis) is 2. The minimum absolute atomic E-state index is 0.0980. The summed E-state index contributed by atoms with van der Waals surface area (Å²) in [6, 6.07) is 29.0. The van der Waals surface area contributed by atoms with Crippen LogP contribution in [-0.2, 0) is 25.5 Å². The molecule has 2 aromatic heterocycles. The lowest BCUT2D eigenvalue weighted by Gasteiger charge is -2.34. The molecule has 2 aliphatic heterocycles. The highest BCUT2D eigenvalue weighted by atomic mass is 16.5. The number of benzene rings is 4. The molecule has 2 saturated heterocycles. The number of fused-ring (bicyclic) bond motifs is 1. The van der Waals surface area contributed by atoms with Crippen molar-refractivity contribution in [3.05, 3.63) is 121 Å². The van der Waals surface area contributed by atoms with Gasteiger partial charge in [-0.2, -0.15) is 0 Å². The van der Waals surface area contributed by atoms with Crippen molar-refractivity contribution in [1.29, 1.82) is 0 Å². The molecule has 62 heavy (non-hydrogen) atoms. The molecule has 0 saturated carbocycles. The van der Waals surface area contributed by atoms with Gasteiger partial charge in [-0.05, 0) is 76.8 Å². The Bertz CT molecular complexity index is 2540. The van der Waals surface area contributed by atoms with E-state index < -0.39 is 18.2 Å². The first-order valence-corrected chi connectivity index (χ1v) is 21.1. The lowest BCUT2D eigenvalue weighted by atomic mass is 9.95. The molecule has 0 spiro atoms. The van der Waals surface area contributed by atoms with E-state index in [1.807, 2.05) is 61.5 Å². The van der Waals surface area contributed by atoms with Gasteiger partial charge in [-0.3, -0.25) is 9.59 Å². The zero-order valence-corrected chi connectivity index (χ0v) is 35.3. The number of rotatable bonds is 13. The van der Waals surface area contributed by atoms with Crippen LogP contribution in [0.5, 0.6) is 0 Å². The van der Waals surface area contributed by atoms with Gasteiger partial charge in [0.1, 0.15) is 17.7 Å². The smallest absolute Gasteiger partial charge is 0.407 e. The van der Waals surface area contributed by atoms with Crippen LogP contribution in [0.4, 0.5) is 9.59 Å². The molecule has 320 valence electrons. The lowest BCUT2D eigenvalue weighted by molar-refractivity contribution is -0.134. The topological polar surface area (TPSA) is 175 Å². The number of carbonyl (C=O) groups is 4. The van der Waals surface area contributed by atoms with E-state index >= 15 is 0 Å². The Morgan fingerprint density at radius 3 is 2.00 bits per heavy atom. The second kappa shape index (κ2) is 18.3. The molecule has 0 radical (unpaired) electrons. The van der Waals surface area contributed by atoms with Crippen LogP contribution in [0, 0.1) is 5.92 Å². The number of amides is 4. The van der Waals surface area contributed by atoms with Crippen LogP contribution in [0.25, 0.3) is 44.4 Å². The number of carbonyl (C=O) groups excluding carboxylic acids is 4. The van der Waals surface area contributed by atoms with E-state index in [1.165, 1.54) is 14.2 Å². The first-order valence-electron chi connectivity index (χ1n) is 21.1. The van der Waals surface area contributed by atoms with Crippen LogP contribution in [0.2, 0.25) is 0 Å². The summed E-state index contributed by atoms with van der Waals surface area (Å²) >= 11 is 0. The van der Waals surface area contributed by atoms with E-state index in [0.717, 1.165) is 82.1 Å². The number of imidazole rings is 2. The molecular weight excluding hydrogens is 785 g/mol. The molecule has 2 fully saturated rings. The van der Waals surface area contributed by atoms with Crippen molar-refractivity contribution >= 4 is 35.3 Å². The van der Waals surface area contributed by atoms with E-state index in [2.05, 4.69) is 81.3 Å². The van der Waals surface area contributed by atoms with Crippen LogP contribution >= 0.6 is 0 Å². The number of hydrogen-bond acceptors (Lipinski definition) is 8. The maximum Gasteiger partial charge on any atom is 0.407 e. The van der Waals surface area contributed by atoms with Gasteiger partial charge in [0.25, 0.3) is 0 Å². The molecule has 4 aromatic carbocycles. The average molecular weight is 837 g/mol. The summed E-state index contributed by atoms with van der Waals surface area (Å²) < 4.78 is 9.70. The summed E-state index contributed by atoms with van der Waals surface area (Å²) in [6.45, 7) is 4.61. The molecule has 0 aliphatic carbocycles. The minimum atomic E-state index is -0.773. The van der Waals surface area contributed by atoms with Crippen molar-refractivity contribution in [3.8, 4) is 33.6 Å². The Morgan fingerprint density at radius 1 is 0.742 bits per heavy atom. The molecule has 8 rings (SSSR count). The zero-order valence-electron chi connectivity index (χ0n) is 35.3. The molecule has 5 atom stereocenters. The maximum absolute atomic E-state index is 13.9. The maximum atomic E-state index is 13.9. The van der Waals surface area contributed by atoms with Gasteiger partial charge in [-0.15, -0.1) is 0 Å². The van der Waals surface area contributed by atoms with Crippen LogP contribution in [0.1, 0.15) is 68.8 Å². The van der Waals surface area contributed by atoms with Gasteiger partial charge in [0.05, 0.1) is 62.2 Å². The molecule has 0 bridgehead atoms. The first kappa shape index (κ1) is 41.8. The lowest BCUT2D eigenvalue weighted by Crippen LogP contribution is -2.51. The Morgan fingerprint density at radius 2 is 1.34 bits per heavy atom. The predicted octanol–water partition coefficient (Wildman–Crippen LogP) is 7.96. The van der Waals surface area contributed by atoms with Crippen molar-refractivity contribution in [2.45, 2.75) is 76.2 Å². The summed E-state index contributed by atoms with van der Waals surface area (Å²) in [6.07, 6.45) is 6.74. The molecule has 14 nitrogen and oxygen atoms in total. The fourth-order valence-electron chi connectivity index (χ4n) is 9.06. The number of H-pyrrole nitrogens is 2. The highest BCUT2D eigenvalue weighted by Gasteiger charge is 2.41. The van der Waals surface area contributed by atoms with Crippen molar-refractivity contribution < 1.29 is 28.7 Å². The Balaban J connectivity index is 0.935. The normalized spacial score (nSPS) is 18.4. The quantitative estimate of drug-likeness (QED) is 0.0848. The van der Waals surface area contributed by atoms with Crippen LogP contribution in [-0.4, -0.2) is 93.1 Å². The van der Waals surface area contributed by atoms with Crippen molar-refractivity contribution in [3.63, 3.8) is 0 Å². The molecule has 4 heterocycles. The number of aromatic nitrogens is 4. The molecule has 14 heteroatoms. The minimum Gasteiger partial charge on any atom is -0.453 e. The van der Waals surface area contributed by atoms with Gasteiger partial charge in [-0.1, -0.05) is 92.7 Å². The Hall–Kier alpha value is -6.96. The SMILES string of the molecule is COC(=O)N[C@@H](C(C)C)C1CC[C@@H](c2ncc(-c3ccc4cc(-c5ccc(-c6cnc([C@@H]7CCCN7C(=O)[C@@H](Cc7ccccc7)NC(=O)OC)[nH]6)cc5)ccc4c3)[nH]2)N1C=O. The van der Waals surface area contributed by atoms with Crippen molar-refractivity contribution in [2.75, 3.05) is 20.8 Å². The van der Waals surface area contributed by atoms with Gasteiger partial charge < -0.3 is 39.9 Å². The average Bonchev–Trinajstić information content (AvgIpc) is 4.15. The van der Waals surface area contributed by atoms with Gasteiger partial charge in [-0.25, -0.2) is 19.6 Å². The third-order valence-electron chi connectivity index (χ3n) is 12.3. The number of likely N-dealkylation sites (tertiary alicyclic amines) is 2. The predicted molar refractivity (Wildman–Crippen MR) is 236 cm³/mol. The third kappa shape index (κ3) is 8.76. The molecule has 6 aromatic rings. The van der Waals surface area contributed by atoms with E-state index in [0.29, 0.717) is 24.6 Å². The summed E-state index contributed by atoms with van der Waals surface area (Å²) in [5, 5.41) is 7.85. The van der Waals surface area contributed by atoms with Crippen LogP contribution in [0.3, 0.4) is 0 Å². The Kier molecular flexibility index (Phi) is 12.4. The van der Waals surface area contributed by atoms with Gasteiger partial charge in [0.15, 0.2) is 0 Å². The number of nitrogens with one attached hydrogen (secondary N) is 4. The highest BCUT2D eigenvalue weighted by molar-refractivity contribution is 5.91. The van der Waals surface area contributed by atoms with E-state index in [-0.39, 0.29) is 36.0 Å². The van der Waals surface area contributed by atoms with Gasteiger partial charge >= 0.3 is 12.2 Å². The van der Waals surface area contributed by atoms with Crippen LogP contribution in [0.15, 0.2) is 103 Å². The number of hydrogen-bond donors (Lipinski definition) is 4. The number of aromatic amines is 2. The summed E-state index contributed by atoms with van der Waals surface area (Å²) in [5.41, 5.74) is 6.78. The van der Waals surface area contributed by atoms with Gasteiger partial charge in [0.2, 0.25) is 12.3 Å². The molecule has 1 unspecified atom stereocenters. The van der Waals surface area contributed by atoms with Gasteiger partial charge in [0, 0.05) is 18.5 Å². The standard InChI is InChI=1S/C48H52N8O6/c1-29(2)43(54-48(60)62-4)40-20-21-42(56(40)28-57)45-50-27-39(52-45)36-19-18-34-24-33(16-17-35(34)25-36)31-12-14-32(15-13-31)38-26-49-44(51-38)41-11-8-22-55(41)46(58)37(53-47(59)61-3)23-30-9-6-5-7-10-30/h5-7,9-10,12-19,24-29,37,40-43H,8,11,20-23H2,1-4H3,(H,49,51)(H,50,52)(H,53,59)(H,54,60)/t37-,40?,41+,42+,43+/m1/s1. The first-order chi connectivity index (χ1) is 30.1. The number of nitrogens with zero attached hydrogens (tertiary/aromatic N) is 4. The second-order valence-corrected chi connectivity index (χ2v) is 16.4. The fourth-order valence-corrected chi connectivity index (χ4v) is 9.06. The molecule has 2 aliphatic rings. The summed E-state index contributed by atoms with van der Waals surface area (Å²) in [4.78, 5) is 70.6. The number of methoxy groups -OCH3 is 2. The van der Waals surface area contributed by atoms with E-state index in [4.69, 9.17) is 19.4 Å². The molecular formula is C48H52N8O6. The summed E-state index contributed by atoms with van der Waals surface area (Å²) in [7, 11) is 2.63. The van der Waals surface area contributed by atoms with Crippen molar-refractivity contribution in [1.82, 2.24) is 40.4 Å². The van der Waals surface area contributed by atoms with E-state index in [9.17, 15) is 19.2 Å². The second-order valence-electron chi connectivity index (χ2n) is 16.4. The summed E-state index contributed by atoms with van der Waals surface area (Å²) in [5.74, 6) is 1.36.